The maximum absolute atomic E-state index is 12.3. The van der Waals surface area contributed by atoms with E-state index in [1.165, 1.54) is 0 Å². The maximum Gasteiger partial charge on any atom is 0.313 e. The van der Waals surface area contributed by atoms with Crippen LogP contribution in [-0.4, -0.2) is 18.4 Å². The Morgan fingerprint density at radius 1 is 1.00 bits per heavy atom. The van der Waals surface area contributed by atoms with Gasteiger partial charge in [0.2, 0.25) is 0 Å². The summed E-state index contributed by atoms with van der Waals surface area (Å²) in [6.07, 6.45) is -0.225. The van der Waals surface area contributed by atoms with E-state index < -0.39 is 5.97 Å². The highest BCUT2D eigenvalue weighted by atomic mass is 16.5. The average molecular weight is 282 g/mol. The predicted octanol–water partition coefficient (Wildman–Crippen LogP) is 3.80. The average Bonchev–Trinajstić information content (AvgIpc) is 2.48. The third kappa shape index (κ3) is 3.78. The van der Waals surface area contributed by atoms with Crippen LogP contribution in [0.4, 0.5) is 0 Å². The van der Waals surface area contributed by atoms with Crippen molar-refractivity contribution in [3.05, 3.63) is 59.7 Å². The van der Waals surface area contributed by atoms with Crippen LogP contribution in [-0.2, 0) is 9.53 Å². The van der Waals surface area contributed by atoms with Crippen LogP contribution in [0.15, 0.2) is 48.5 Å². The molecule has 2 aromatic rings. The van der Waals surface area contributed by atoms with E-state index in [-0.39, 0.29) is 18.8 Å². The molecule has 0 unspecified atom stereocenters. The SMILES string of the molecule is CCOC(=O)CC(=O)c1ccccc1-c1ccc(C)cc1. The molecule has 0 saturated heterocycles. The maximum atomic E-state index is 12.3. The molecule has 2 rings (SSSR count). The standard InChI is InChI=1S/C18H18O3/c1-3-21-18(20)12-17(19)16-7-5-4-6-15(16)14-10-8-13(2)9-11-14/h4-11H,3,12H2,1-2H3. The van der Waals surface area contributed by atoms with Crippen molar-refractivity contribution in [2.75, 3.05) is 6.61 Å². The zero-order valence-electron chi connectivity index (χ0n) is 12.3. The van der Waals surface area contributed by atoms with Gasteiger partial charge in [0.05, 0.1) is 6.61 Å². The number of hydrogen-bond acceptors (Lipinski definition) is 3. The Hall–Kier alpha value is -2.42. The lowest BCUT2D eigenvalue weighted by Gasteiger charge is -2.09. The minimum atomic E-state index is -0.485. The number of benzene rings is 2. The smallest absolute Gasteiger partial charge is 0.313 e. The lowest BCUT2D eigenvalue weighted by molar-refractivity contribution is -0.141. The summed E-state index contributed by atoms with van der Waals surface area (Å²) in [7, 11) is 0. The van der Waals surface area contributed by atoms with E-state index in [0.29, 0.717) is 5.56 Å². The van der Waals surface area contributed by atoms with E-state index >= 15 is 0 Å². The van der Waals surface area contributed by atoms with Crippen LogP contribution in [0.5, 0.6) is 0 Å². The number of hydrogen-bond donors (Lipinski definition) is 0. The molecule has 0 aliphatic carbocycles. The molecule has 21 heavy (non-hydrogen) atoms. The summed E-state index contributed by atoms with van der Waals surface area (Å²) in [5, 5.41) is 0. The summed E-state index contributed by atoms with van der Waals surface area (Å²) in [5.41, 5.74) is 3.52. The van der Waals surface area contributed by atoms with Crippen LogP contribution in [0.3, 0.4) is 0 Å². The summed E-state index contributed by atoms with van der Waals surface area (Å²) < 4.78 is 4.84. The third-order valence-electron chi connectivity index (χ3n) is 3.20. The van der Waals surface area contributed by atoms with E-state index in [1.54, 1.807) is 19.1 Å². The Labute approximate surface area is 124 Å². The summed E-state index contributed by atoms with van der Waals surface area (Å²) in [6, 6.07) is 15.3. The Balaban J connectivity index is 2.30. The highest BCUT2D eigenvalue weighted by Gasteiger charge is 2.16. The second-order valence-electron chi connectivity index (χ2n) is 4.82. The first-order chi connectivity index (χ1) is 10.1. The van der Waals surface area contributed by atoms with Gasteiger partial charge in [0.25, 0.3) is 0 Å². The number of esters is 1. The zero-order chi connectivity index (χ0) is 15.2. The molecule has 0 bridgehead atoms. The Bertz CT molecular complexity index is 642. The Morgan fingerprint density at radius 3 is 2.33 bits per heavy atom. The number of aryl methyl sites for hydroxylation is 1. The van der Waals surface area contributed by atoms with Crippen LogP contribution in [0, 0.1) is 6.92 Å². The molecule has 3 nitrogen and oxygen atoms in total. The summed E-state index contributed by atoms with van der Waals surface area (Å²) in [6.45, 7) is 4.02. The molecule has 108 valence electrons. The van der Waals surface area contributed by atoms with Gasteiger partial charge in [-0.3, -0.25) is 9.59 Å². The molecule has 0 aliphatic rings. The van der Waals surface area contributed by atoms with E-state index in [4.69, 9.17) is 4.74 Å². The molecule has 0 saturated carbocycles. The molecule has 2 aromatic carbocycles. The minimum absolute atomic E-state index is 0.218. The molecule has 0 aliphatic heterocycles. The molecular weight excluding hydrogens is 264 g/mol. The number of ketones is 1. The molecule has 0 radical (unpaired) electrons. The molecule has 0 heterocycles. The summed E-state index contributed by atoms with van der Waals surface area (Å²) in [4.78, 5) is 23.8. The molecule has 0 fully saturated rings. The van der Waals surface area contributed by atoms with Crippen LogP contribution in [0.2, 0.25) is 0 Å². The molecule has 3 heteroatoms. The molecule has 0 spiro atoms. The van der Waals surface area contributed by atoms with Gasteiger partial charge < -0.3 is 4.74 Å². The fourth-order valence-electron chi connectivity index (χ4n) is 2.15. The number of rotatable bonds is 5. The first-order valence-electron chi connectivity index (χ1n) is 6.96. The van der Waals surface area contributed by atoms with Crippen molar-refractivity contribution in [2.45, 2.75) is 20.3 Å². The fraction of sp³-hybridized carbons (Fsp3) is 0.222. The van der Waals surface area contributed by atoms with Crippen molar-refractivity contribution < 1.29 is 14.3 Å². The fourth-order valence-corrected chi connectivity index (χ4v) is 2.15. The lowest BCUT2D eigenvalue weighted by Crippen LogP contribution is -2.12. The zero-order valence-corrected chi connectivity index (χ0v) is 12.3. The van der Waals surface area contributed by atoms with Crippen molar-refractivity contribution >= 4 is 11.8 Å². The number of carbonyl (C=O) groups excluding carboxylic acids is 2. The monoisotopic (exact) mass is 282 g/mol. The van der Waals surface area contributed by atoms with Gasteiger partial charge in [-0.2, -0.15) is 0 Å². The van der Waals surface area contributed by atoms with Gasteiger partial charge in [0.1, 0.15) is 6.42 Å². The molecule has 0 aromatic heterocycles. The van der Waals surface area contributed by atoms with Crippen molar-refractivity contribution in [1.82, 2.24) is 0 Å². The highest BCUT2D eigenvalue weighted by Crippen LogP contribution is 2.25. The Morgan fingerprint density at radius 2 is 1.67 bits per heavy atom. The van der Waals surface area contributed by atoms with Gasteiger partial charge in [-0.05, 0) is 25.0 Å². The van der Waals surface area contributed by atoms with Crippen molar-refractivity contribution in [3.63, 3.8) is 0 Å². The second kappa shape index (κ2) is 6.84. The summed E-state index contributed by atoms with van der Waals surface area (Å²) in [5.74, 6) is -0.703. The summed E-state index contributed by atoms with van der Waals surface area (Å²) >= 11 is 0. The van der Waals surface area contributed by atoms with Gasteiger partial charge in [0, 0.05) is 5.56 Å². The number of carbonyl (C=O) groups is 2. The molecule has 0 atom stereocenters. The third-order valence-corrected chi connectivity index (χ3v) is 3.20. The van der Waals surface area contributed by atoms with Gasteiger partial charge >= 0.3 is 5.97 Å². The predicted molar refractivity (Wildman–Crippen MR) is 82.2 cm³/mol. The molecule has 0 amide bonds. The largest absolute Gasteiger partial charge is 0.466 e. The first-order valence-corrected chi connectivity index (χ1v) is 6.96. The van der Waals surface area contributed by atoms with Gasteiger partial charge in [-0.15, -0.1) is 0 Å². The van der Waals surface area contributed by atoms with Crippen LogP contribution < -0.4 is 0 Å². The Kier molecular flexibility index (Phi) is 4.88. The van der Waals surface area contributed by atoms with Gasteiger partial charge in [-0.1, -0.05) is 54.1 Å². The van der Waals surface area contributed by atoms with Crippen molar-refractivity contribution in [2.24, 2.45) is 0 Å². The topological polar surface area (TPSA) is 43.4 Å². The van der Waals surface area contributed by atoms with Crippen molar-refractivity contribution in [3.8, 4) is 11.1 Å². The number of Topliss-reactive ketones (excluding diaryl/α,β-unsaturated/α-hetero) is 1. The lowest BCUT2D eigenvalue weighted by atomic mass is 9.95. The quantitative estimate of drug-likeness (QED) is 0.476. The van der Waals surface area contributed by atoms with E-state index in [1.807, 2.05) is 43.3 Å². The molecular formula is C18H18O3. The molecule has 0 N–H and O–H groups in total. The second-order valence-corrected chi connectivity index (χ2v) is 4.82. The van der Waals surface area contributed by atoms with Gasteiger partial charge in [0.15, 0.2) is 5.78 Å². The number of ether oxygens (including phenoxy) is 1. The first kappa shape index (κ1) is 15.0. The minimum Gasteiger partial charge on any atom is -0.466 e. The van der Waals surface area contributed by atoms with Crippen LogP contribution >= 0.6 is 0 Å². The van der Waals surface area contributed by atoms with E-state index in [9.17, 15) is 9.59 Å². The van der Waals surface area contributed by atoms with Crippen LogP contribution in [0.1, 0.15) is 29.3 Å². The van der Waals surface area contributed by atoms with E-state index in [2.05, 4.69) is 0 Å². The van der Waals surface area contributed by atoms with Crippen molar-refractivity contribution in [1.29, 1.82) is 0 Å². The van der Waals surface area contributed by atoms with Gasteiger partial charge in [-0.25, -0.2) is 0 Å². The van der Waals surface area contributed by atoms with Crippen LogP contribution in [0.25, 0.3) is 11.1 Å². The van der Waals surface area contributed by atoms with E-state index in [0.717, 1.165) is 16.7 Å². The highest BCUT2D eigenvalue weighted by molar-refractivity contribution is 6.09. The normalized spacial score (nSPS) is 10.2.